The number of imide groups is 1. The predicted octanol–water partition coefficient (Wildman–Crippen LogP) is 5.72. The van der Waals surface area contributed by atoms with E-state index in [0.29, 0.717) is 9.93 Å². The van der Waals surface area contributed by atoms with Crippen molar-refractivity contribution in [1.29, 1.82) is 0 Å². The number of hydrogen-bond acceptors (Lipinski definition) is 4. The Balaban J connectivity index is 1.48. The van der Waals surface area contributed by atoms with E-state index >= 15 is 0 Å². The molecule has 0 aliphatic carbocycles. The zero-order valence-electron chi connectivity index (χ0n) is 19.5. The highest BCUT2D eigenvalue weighted by Crippen LogP contribution is 2.36. The van der Waals surface area contributed by atoms with Gasteiger partial charge >= 0.3 is 0 Å². The van der Waals surface area contributed by atoms with Gasteiger partial charge < -0.3 is 9.47 Å². The predicted molar refractivity (Wildman–Crippen MR) is 140 cm³/mol. The Morgan fingerprint density at radius 2 is 1.80 bits per heavy atom. The molecule has 2 aliphatic heterocycles. The van der Waals surface area contributed by atoms with Crippen LogP contribution in [0.15, 0.2) is 53.6 Å². The summed E-state index contributed by atoms with van der Waals surface area (Å²) in [6.45, 7) is 4.10. The van der Waals surface area contributed by atoms with Crippen LogP contribution in [0.5, 0.6) is 0 Å². The molecule has 0 bridgehead atoms. The molecule has 0 radical (unpaired) electrons. The van der Waals surface area contributed by atoms with E-state index in [0.717, 1.165) is 71.7 Å². The molecule has 0 spiro atoms. The number of rotatable bonds is 6. The number of likely N-dealkylation sites (tertiary alicyclic amines) is 1. The van der Waals surface area contributed by atoms with Crippen LogP contribution in [0.3, 0.4) is 0 Å². The van der Waals surface area contributed by atoms with E-state index in [1.165, 1.54) is 4.90 Å². The molecule has 3 heterocycles. The zero-order chi connectivity index (χ0) is 24.5. The largest absolute Gasteiger partial charge is 0.341 e. The molecular formula is C27H26ClN3O3S. The molecule has 5 rings (SSSR count). The fourth-order valence-electron chi connectivity index (χ4n) is 4.78. The van der Waals surface area contributed by atoms with Gasteiger partial charge in [0, 0.05) is 35.3 Å². The first-order valence-corrected chi connectivity index (χ1v) is 13.0. The summed E-state index contributed by atoms with van der Waals surface area (Å²) in [5, 5.41) is 1.17. The van der Waals surface area contributed by atoms with Gasteiger partial charge in [-0.25, -0.2) is 0 Å². The number of fused-ring (bicyclic) bond motifs is 1. The van der Waals surface area contributed by atoms with Crippen LogP contribution in [-0.2, 0) is 29.1 Å². The second kappa shape index (κ2) is 9.91. The van der Waals surface area contributed by atoms with E-state index in [1.807, 2.05) is 46.0 Å². The first kappa shape index (κ1) is 23.7. The molecule has 3 amide bonds. The van der Waals surface area contributed by atoms with Gasteiger partial charge in [0.15, 0.2) is 0 Å². The van der Waals surface area contributed by atoms with E-state index in [2.05, 4.69) is 13.0 Å². The molecule has 2 fully saturated rings. The maximum atomic E-state index is 13.2. The molecule has 0 unspecified atom stereocenters. The van der Waals surface area contributed by atoms with Crippen molar-refractivity contribution in [2.45, 2.75) is 39.3 Å². The quantitative estimate of drug-likeness (QED) is 0.400. The molecule has 0 saturated carbocycles. The number of nitrogens with zero attached hydrogens (tertiary/aromatic N) is 3. The van der Waals surface area contributed by atoms with Gasteiger partial charge in [-0.2, -0.15) is 0 Å². The molecule has 2 aromatic carbocycles. The van der Waals surface area contributed by atoms with Gasteiger partial charge in [-0.05, 0) is 54.3 Å². The molecular weight excluding hydrogens is 482 g/mol. The van der Waals surface area contributed by atoms with Crippen LogP contribution in [0.25, 0.3) is 17.0 Å². The lowest BCUT2D eigenvalue weighted by Crippen LogP contribution is -2.30. The molecule has 8 heteroatoms. The number of halogens is 1. The normalized spacial score (nSPS) is 17.4. The SMILES string of the molecule is CCc1cccc2c(/C=C3\SC(=O)N(Cc4ccccc4Cl)C3=O)cn(CC(=O)N3CCCC3)c12. The smallest absolute Gasteiger partial charge is 0.293 e. The zero-order valence-corrected chi connectivity index (χ0v) is 21.1. The second-order valence-electron chi connectivity index (χ2n) is 8.83. The molecule has 3 aromatic rings. The number of thioether (sulfide) groups is 1. The lowest BCUT2D eigenvalue weighted by Gasteiger charge is -2.16. The molecule has 2 saturated heterocycles. The first-order valence-electron chi connectivity index (χ1n) is 11.8. The monoisotopic (exact) mass is 507 g/mol. The number of carbonyl (C=O) groups excluding carboxylic acids is 3. The molecule has 2 aliphatic rings. The molecule has 0 N–H and O–H groups in total. The maximum Gasteiger partial charge on any atom is 0.293 e. The summed E-state index contributed by atoms with van der Waals surface area (Å²) in [7, 11) is 0. The number of aromatic nitrogens is 1. The molecule has 0 atom stereocenters. The van der Waals surface area contributed by atoms with Crippen molar-refractivity contribution in [1.82, 2.24) is 14.4 Å². The first-order chi connectivity index (χ1) is 17.0. The summed E-state index contributed by atoms with van der Waals surface area (Å²) in [4.78, 5) is 42.3. The van der Waals surface area contributed by atoms with E-state index in [1.54, 1.807) is 12.1 Å². The fraction of sp³-hybridized carbons (Fsp3) is 0.296. The van der Waals surface area contributed by atoms with Crippen molar-refractivity contribution < 1.29 is 14.4 Å². The van der Waals surface area contributed by atoms with Gasteiger partial charge in [-0.3, -0.25) is 19.3 Å². The number of carbonyl (C=O) groups is 3. The third-order valence-electron chi connectivity index (χ3n) is 6.60. The Bertz CT molecular complexity index is 1360. The summed E-state index contributed by atoms with van der Waals surface area (Å²) in [5.74, 6) is -0.225. The summed E-state index contributed by atoms with van der Waals surface area (Å²) in [5.41, 5.74) is 3.70. The minimum Gasteiger partial charge on any atom is -0.341 e. The molecule has 1 aromatic heterocycles. The summed E-state index contributed by atoms with van der Waals surface area (Å²) in [6, 6.07) is 13.3. The van der Waals surface area contributed by atoms with E-state index < -0.39 is 0 Å². The number of aryl methyl sites for hydroxylation is 1. The Labute approximate surface area is 213 Å². The highest BCUT2D eigenvalue weighted by molar-refractivity contribution is 8.18. The van der Waals surface area contributed by atoms with E-state index in [4.69, 9.17) is 11.6 Å². The molecule has 180 valence electrons. The number of para-hydroxylation sites is 1. The van der Waals surface area contributed by atoms with Crippen LogP contribution >= 0.6 is 23.4 Å². The van der Waals surface area contributed by atoms with Crippen molar-refractivity contribution in [2.75, 3.05) is 13.1 Å². The van der Waals surface area contributed by atoms with Crippen molar-refractivity contribution in [2.24, 2.45) is 0 Å². The average Bonchev–Trinajstić information content (AvgIpc) is 3.57. The van der Waals surface area contributed by atoms with Gasteiger partial charge in [0.25, 0.3) is 11.1 Å². The lowest BCUT2D eigenvalue weighted by atomic mass is 10.1. The average molecular weight is 508 g/mol. The number of hydrogen-bond donors (Lipinski definition) is 0. The van der Waals surface area contributed by atoms with Gasteiger partial charge in [0.1, 0.15) is 6.54 Å². The highest BCUT2D eigenvalue weighted by Gasteiger charge is 2.35. The van der Waals surface area contributed by atoms with E-state index in [-0.39, 0.29) is 30.1 Å². The Morgan fingerprint density at radius 1 is 1.06 bits per heavy atom. The Morgan fingerprint density at radius 3 is 2.54 bits per heavy atom. The van der Waals surface area contributed by atoms with Gasteiger partial charge in [0.2, 0.25) is 5.91 Å². The summed E-state index contributed by atoms with van der Waals surface area (Å²) >= 11 is 7.18. The molecule has 35 heavy (non-hydrogen) atoms. The Kier molecular flexibility index (Phi) is 6.71. The molecule has 6 nitrogen and oxygen atoms in total. The minimum absolute atomic E-state index is 0.108. The summed E-state index contributed by atoms with van der Waals surface area (Å²) < 4.78 is 1.99. The highest BCUT2D eigenvalue weighted by atomic mass is 35.5. The van der Waals surface area contributed by atoms with Crippen LogP contribution in [0, 0.1) is 0 Å². The minimum atomic E-state index is -0.333. The maximum absolute atomic E-state index is 13.2. The fourth-order valence-corrected chi connectivity index (χ4v) is 5.80. The van der Waals surface area contributed by atoms with Gasteiger partial charge in [-0.15, -0.1) is 0 Å². The van der Waals surface area contributed by atoms with Gasteiger partial charge in [0.05, 0.1) is 17.0 Å². The Hall–Kier alpha value is -3.03. The van der Waals surface area contributed by atoms with Crippen LogP contribution in [-0.4, -0.2) is 44.5 Å². The van der Waals surface area contributed by atoms with Crippen molar-refractivity contribution >= 4 is 57.4 Å². The van der Waals surface area contributed by atoms with Crippen LogP contribution in [0.1, 0.15) is 36.5 Å². The second-order valence-corrected chi connectivity index (χ2v) is 10.2. The third-order valence-corrected chi connectivity index (χ3v) is 7.88. The number of benzene rings is 2. The van der Waals surface area contributed by atoms with Gasteiger partial charge in [-0.1, -0.05) is 54.9 Å². The van der Waals surface area contributed by atoms with Crippen LogP contribution in [0.4, 0.5) is 4.79 Å². The third kappa shape index (κ3) is 4.62. The summed E-state index contributed by atoms with van der Waals surface area (Å²) in [6.07, 6.45) is 6.63. The standard InChI is InChI=1S/C27H26ClN3O3S/c1-2-18-9-7-10-21-20(15-30(25(18)21)17-24(32)29-12-5-6-13-29)14-23-26(33)31(27(34)35-23)16-19-8-3-4-11-22(19)28/h3-4,7-11,14-15H,2,5-6,12-13,16-17H2,1H3/b23-14-. The number of amides is 3. The van der Waals surface area contributed by atoms with Crippen molar-refractivity contribution in [3.05, 3.63) is 75.3 Å². The van der Waals surface area contributed by atoms with E-state index in [9.17, 15) is 14.4 Å². The van der Waals surface area contributed by atoms with Crippen LogP contribution < -0.4 is 0 Å². The van der Waals surface area contributed by atoms with Crippen molar-refractivity contribution in [3.8, 4) is 0 Å². The van der Waals surface area contributed by atoms with Crippen molar-refractivity contribution in [3.63, 3.8) is 0 Å². The lowest BCUT2D eigenvalue weighted by molar-refractivity contribution is -0.130. The topological polar surface area (TPSA) is 62.6 Å². The van der Waals surface area contributed by atoms with Crippen LogP contribution in [0.2, 0.25) is 5.02 Å².